The van der Waals surface area contributed by atoms with Crippen molar-refractivity contribution in [3.05, 3.63) is 57.9 Å². The van der Waals surface area contributed by atoms with Crippen LogP contribution in [0.4, 0.5) is 0 Å². The average molecular weight is 412 g/mol. The van der Waals surface area contributed by atoms with Gasteiger partial charge < -0.3 is 10.4 Å². The van der Waals surface area contributed by atoms with E-state index in [1.54, 1.807) is 0 Å². The first kappa shape index (κ1) is 22.7. The summed E-state index contributed by atoms with van der Waals surface area (Å²) in [6, 6.07) is 10.6. The number of rotatable bonds is 4. The van der Waals surface area contributed by atoms with Gasteiger partial charge in [0.25, 0.3) is 0 Å². The molecule has 0 spiro atoms. The van der Waals surface area contributed by atoms with Crippen molar-refractivity contribution in [3.8, 4) is 5.75 Å². The van der Waals surface area contributed by atoms with Gasteiger partial charge in [-0.25, -0.2) is 0 Å². The van der Waals surface area contributed by atoms with Crippen LogP contribution in [0.1, 0.15) is 43.0 Å². The van der Waals surface area contributed by atoms with Crippen molar-refractivity contribution in [2.75, 3.05) is 7.05 Å². The van der Waals surface area contributed by atoms with Gasteiger partial charge in [0.05, 0.1) is 0 Å². The monoisotopic (exact) mass is 411 g/mol. The van der Waals surface area contributed by atoms with E-state index in [1.165, 1.54) is 41.4 Å². The van der Waals surface area contributed by atoms with Crippen LogP contribution in [0.5, 0.6) is 5.75 Å². The molecule has 2 aromatic carbocycles. The fourth-order valence-corrected chi connectivity index (χ4v) is 4.22. The Balaban J connectivity index is 0.00000151. The van der Waals surface area contributed by atoms with Crippen molar-refractivity contribution >= 4 is 28.5 Å². The molecule has 25 heavy (non-hydrogen) atoms. The van der Waals surface area contributed by atoms with Crippen LogP contribution < -0.4 is 10.6 Å². The van der Waals surface area contributed by atoms with Gasteiger partial charge in [0.2, 0.25) is 0 Å². The predicted molar refractivity (Wildman–Crippen MR) is 109 cm³/mol. The third kappa shape index (κ3) is 6.09. The molecule has 0 radical (unpaired) electrons. The van der Waals surface area contributed by atoms with Crippen LogP contribution in [0.15, 0.2) is 30.3 Å². The number of hydrogen-bond donors (Lipinski definition) is 1. The van der Waals surface area contributed by atoms with E-state index in [-0.39, 0.29) is 5.41 Å². The van der Waals surface area contributed by atoms with Crippen molar-refractivity contribution in [2.24, 2.45) is 0 Å². The number of phenols is 1. The molecule has 1 N–H and O–H groups in total. The Morgan fingerprint density at radius 3 is 2.36 bits per heavy atom. The molecule has 2 rings (SSSR count). The molecule has 1 unspecified atom stereocenters. The van der Waals surface area contributed by atoms with Gasteiger partial charge >= 0.3 is 28.7 Å². The topological polar surface area (TPSA) is 34.3 Å². The Hall–Kier alpha value is -0.366. The summed E-state index contributed by atoms with van der Waals surface area (Å²) in [6.45, 7) is 11.4. The summed E-state index contributed by atoms with van der Waals surface area (Å²) in [4.78, 5) is 0. The molecular formula is C20H27ClNOPTi. The third-order valence-corrected chi connectivity index (χ3v) is 5.63. The molecule has 0 aliphatic heterocycles. The van der Waals surface area contributed by atoms with E-state index < -0.39 is 0 Å². The molecule has 0 saturated heterocycles. The summed E-state index contributed by atoms with van der Waals surface area (Å²) in [5.41, 5.74) is 4.68. The van der Waals surface area contributed by atoms with Gasteiger partial charge in [-0.05, 0) is 41.8 Å². The molecule has 0 bridgehead atoms. The van der Waals surface area contributed by atoms with E-state index >= 15 is 0 Å². The van der Waals surface area contributed by atoms with Crippen molar-refractivity contribution in [3.63, 3.8) is 0 Å². The maximum atomic E-state index is 10.8. The molecular weight excluding hydrogens is 385 g/mol. The fraction of sp³-hybridized carbons (Fsp3) is 0.400. The van der Waals surface area contributed by atoms with E-state index in [1.807, 2.05) is 7.05 Å². The van der Waals surface area contributed by atoms with Gasteiger partial charge in [0.1, 0.15) is 5.75 Å². The molecule has 0 aromatic heterocycles. The Morgan fingerprint density at radius 2 is 1.80 bits per heavy atom. The minimum atomic E-state index is -0.0668. The Labute approximate surface area is 169 Å². The van der Waals surface area contributed by atoms with Crippen LogP contribution in [0.25, 0.3) is 5.32 Å². The standard InChI is InChI=1S/C20H27NOP.ClH.Ti/c1-13-10-16(20(3,4)5)18(22)17(11-13)23-19-14(2)8-7-9-15(19)12-21-6;;/h7-11,22-23H,12H2,1-6H3;1H;/q-1;;+2/p-1. The number of aryl methyl sites for hydroxylation is 2. The first-order chi connectivity index (χ1) is 11.7. The molecule has 0 saturated carbocycles. The van der Waals surface area contributed by atoms with Crippen LogP contribution in [-0.2, 0) is 31.3 Å². The zero-order valence-corrected chi connectivity index (χ0v) is 19.2. The second-order valence-electron chi connectivity index (χ2n) is 7.17. The van der Waals surface area contributed by atoms with E-state index in [2.05, 4.69) is 79.6 Å². The Kier molecular flexibility index (Phi) is 9.16. The van der Waals surface area contributed by atoms with Gasteiger partial charge in [0, 0.05) is 10.9 Å². The molecule has 2 aromatic rings. The number of halogens is 1. The molecule has 2 nitrogen and oxygen atoms in total. The minimum absolute atomic E-state index is 0.0668. The zero-order chi connectivity index (χ0) is 19.2. The average Bonchev–Trinajstić information content (AvgIpc) is 2.54. The second-order valence-corrected chi connectivity index (χ2v) is 8.46. The summed E-state index contributed by atoms with van der Waals surface area (Å²) in [6.07, 6.45) is 0. The predicted octanol–water partition coefficient (Wildman–Crippen LogP) is 5.13. The molecule has 0 fully saturated rings. The number of phenolic OH excluding ortho intramolecular Hbond substituents is 1. The Morgan fingerprint density at radius 1 is 1.16 bits per heavy atom. The third-order valence-electron chi connectivity index (χ3n) is 4.01. The molecule has 0 aliphatic carbocycles. The van der Waals surface area contributed by atoms with Gasteiger partial charge in [-0.15, -0.1) is 6.54 Å². The second kappa shape index (κ2) is 10.1. The first-order valence-electron chi connectivity index (χ1n) is 8.18. The van der Waals surface area contributed by atoms with Crippen LogP contribution in [-0.4, -0.2) is 12.2 Å². The summed E-state index contributed by atoms with van der Waals surface area (Å²) in [5, 5.41) is 17.4. The van der Waals surface area contributed by atoms with E-state index in [0.29, 0.717) is 14.3 Å². The molecule has 134 valence electrons. The van der Waals surface area contributed by atoms with Crippen molar-refractivity contribution < 1.29 is 24.5 Å². The van der Waals surface area contributed by atoms with Crippen LogP contribution in [0, 0.1) is 13.8 Å². The number of benzene rings is 2. The van der Waals surface area contributed by atoms with E-state index in [4.69, 9.17) is 0 Å². The van der Waals surface area contributed by atoms with Crippen LogP contribution in [0.2, 0.25) is 0 Å². The SMILES string of the molecule is C[N-]Cc1cccc(C)c1Pc1cc(C)cc(C(C)(C)C)c1O.[Cl][Ti+]. The number of aromatic hydroxyl groups is 1. The maximum absolute atomic E-state index is 10.8. The molecule has 0 heterocycles. The fourth-order valence-electron chi connectivity index (χ4n) is 2.79. The summed E-state index contributed by atoms with van der Waals surface area (Å²) in [7, 11) is 6.93. The molecule has 5 heteroatoms. The summed E-state index contributed by atoms with van der Waals surface area (Å²) >= 11 is 1.47. The number of nitrogens with zero attached hydrogens (tertiary/aromatic N) is 1. The van der Waals surface area contributed by atoms with Gasteiger partial charge in [0.15, 0.2) is 0 Å². The molecule has 0 amide bonds. The van der Waals surface area contributed by atoms with Crippen LogP contribution in [0.3, 0.4) is 0 Å². The van der Waals surface area contributed by atoms with E-state index in [9.17, 15) is 5.11 Å². The van der Waals surface area contributed by atoms with Gasteiger partial charge in [-0.2, -0.15) is 7.05 Å². The van der Waals surface area contributed by atoms with Gasteiger partial charge in [-0.3, -0.25) is 0 Å². The van der Waals surface area contributed by atoms with Gasteiger partial charge in [-0.1, -0.05) is 59.2 Å². The zero-order valence-electron chi connectivity index (χ0n) is 15.9. The van der Waals surface area contributed by atoms with Crippen molar-refractivity contribution in [1.29, 1.82) is 0 Å². The summed E-state index contributed by atoms with van der Waals surface area (Å²) in [5.74, 6) is 0.448. The Bertz CT molecular complexity index is 714. The molecule has 0 aliphatic rings. The van der Waals surface area contributed by atoms with Crippen LogP contribution >= 0.6 is 17.9 Å². The quantitative estimate of drug-likeness (QED) is 0.549. The summed E-state index contributed by atoms with van der Waals surface area (Å²) < 4.78 is 0. The molecule has 1 atom stereocenters. The first-order valence-corrected chi connectivity index (χ1v) is 11.3. The van der Waals surface area contributed by atoms with E-state index in [0.717, 1.165) is 17.4 Å². The normalized spacial score (nSPS) is 11.4. The van der Waals surface area contributed by atoms with Crippen molar-refractivity contribution in [1.82, 2.24) is 0 Å². The number of hydrogen-bond acceptors (Lipinski definition) is 1. The van der Waals surface area contributed by atoms with Crippen molar-refractivity contribution in [2.45, 2.75) is 46.6 Å².